The first-order chi connectivity index (χ1) is 9.08. The van der Waals surface area contributed by atoms with Crippen molar-refractivity contribution in [3.05, 3.63) is 35.4 Å². The van der Waals surface area contributed by atoms with Gasteiger partial charge in [-0.15, -0.1) is 0 Å². The van der Waals surface area contributed by atoms with E-state index in [-0.39, 0.29) is 0 Å². The van der Waals surface area contributed by atoms with Crippen molar-refractivity contribution in [2.75, 3.05) is 0 Å². The standard InChI is InChI=1S/C17H26O2/c1-4-8-14(11-13(3)5-2)12-15-9-6-7-10-16(15)17(18)19/h6-7,9-10,13-14H,4-5,8,11-12H2,1-3H3,(H,18,19). The van der Waals surface area contributed by atoms with Gasteiger partial charge in [0.05, 0.1) is 5.56 Å². The Labute approximate surface area is 116 Å². The molecule has 1 rings (SSSR count). The molecule has 19 heavy (non-hydrogen) atoms. The summed E-state index contributed by atoms with van der Waals surface area (Å²) in [6, 6.07) is 7.41. The molecular formula is C17H26O2. The molecule has 1 N–H and O–H groups in total. The van der Waals surface area contributed by atoms with Crippen molar-refractivity contribution in [1.29, 1.82) is 0 Å². The summed E-state index contributed by atoms with van der Waals surface area (Å²) in [6.45, 7) is 6.71. The zero-order valence-electron chi connectivity index (χ0n) is 12.4. The number of hydrogen-bond acceptors (Lipinski definition) is 1. The Morgan fingerprint density at radius 1 is 1.26 bits per heavy atom. The number of rotatable bonds is 8. The van der Waals surface area contributed by atoms with Gasteiger partial charge in [-0.3, -0.25) is 0 Å². The van der Waals surface area contributed by atoms with E-state index in [1.54, 1.807) is 12.1 Å². The predicted molar refractivity (Wildman–Crippen MR) is 79.6 cm³/mol. The van der Waals surface area contributed by atoms with E-state index in [2.05, 4.69) is 20.8 Å². The van der Waals surface area contributed by atoms with Crippen molar-refractivity contribution in [3.8, 4) is 0 Å². The average molecular weight is 262 g/mol. The summed E-state index contributed by atoms with van der Waals surface area (Å²) in [5, 5.41) is 9.24. The summed E-state index contributed by atoms with van der Waals surface area (Å²) in [6.07, 6.45) is 5.62. The second-order valence-corrected chi connectivity index (χ2v) is 5.57. The van der Waals surface area contributed by atoms with Crippen LogP contribution in [-0.4, -0.2) is 11.1 Å². The first kappa shape index (κ1) is 15.7. The highest BCUT2D eigenvalue weighted by Crippen LogP contribution is 2.25. The molecule has 0 amide bonds. The van der Waals surface area contributed by atoms with Gasteiger partial charge in [-0.1, -0.05) is 58.2 Å². The predicted octanol–water partition coefficient (Wildman–Crippen LogP) is 4.78. The van der Waals surface area contributed by atoms with E-state index in [9.17, 15) is 9.90 Å². The van der Waals surface area contributed by atoms with Crippen LogP contribution in [0.4, 0.5) is 0 Å². The van der Waals surface area contributed by atoms with Crippen LogP contribution < -0.4 is 0 Å². The van der Waals surface area contributed by atoms with Crippen LogP contribution in [0.1, 0.15) is 62.4 Å². The minimum atomic E-state index is -0.811. The van der Waals surface area contributed by atoms with E-state index < -0.39 is 5.97 Å². The Bertz CT molecular complexity index is 398. The third kappa shape index (κ3) is 5.06. The number of carbonyl (C=O) groups is 1. The van der Waals surface area contributed by atoms with Crippen molar-refractivity contribution in [3.63, 3.8) is 0 Å². The molecule has 0 aliphatic carbocycles. The Morgan fingerprint density at radius 2 is 1.95 bits per heavy atom. The Balaban J connectivity index is 2.81. The Hall–Kier alpha value is -1.31. The fourth-order valence-electron chi connectivity index (χ4n) is 2.67. The largest absolute Gasteiger partial charge is 0.478 e. The molecule has 2 atom stereocenters. The maximum Gasteiger partial charge on any atom is 0.335 e. The van der Waals surface area contributed by atoms with Crippen LogP contribution in [0.5, 0.6) is 0 Å². The van der Waals surface area contributed by atoms with Crippen LogP contribution in [0, 0.1) is 11.8 Å². The third-order valence-electron chi connectivity index (χ3n) is 3.89. The van der Waals surface area contributed by atoms with E-state index in [1.807, 2.05) is 12.1 Å². The van der Waals surface area contributed by atoms with Crippen molar-refractivity contribution in [2.45, 2.75) is 52.9 Å². The lowest BCUT2D eigenvalue weighted by atomic mass is 9.85. The first-order valence-electron chi connectivity index (χ1n) is 7.39. The quantitative estimate of drug-likeness (QED) is 0.732. The lowest BCUT2D eigenvalue weighted by Gasteiger charge is -2.20. The number of benzene rings is 1. The van der Waals surface area contributed by atoms with Crippen molar-refractivity contribution >= 4 is 5.97 Å². The van der Waals surface area contributed by atoms with Gasteiger partial charge in [-0.25, -0.2) is 4.79 Å². The zero-order chi connectivity index (χ0) is 14.3. The summed E-state index contributed by atoms with van der Waals surface area (Å²) in [5.74, 6) is 0.503. The van der Waals surface area contributed by atoms with Crippen LogP contribution >= 0.6 is 0 Å². The van der Waals surface area contributed by atoms with E-state index >= 15 is 0 Å². The fraction of sp³-hybridized carbons (Fsp3) is 0.588. The molecule has 2 heteroatoms. The van der Waals surface area contributed by atoms with Gasteiger partial charge in [-0.2, -0.15) is 0 Å². The third-order valence-corrected chi connectivity index (χ3v) is 3.89. The first-order valence-corrected chi connectivity index (χ1v) is 7.39. The summed E-state index contributed by atoms with van der Waals surface area (Å²) in [7, 11) is 0. The van der Waals surface area contributed by atoms with E-state index in [0.717, 1.165) is 18.4 Å². The summed E-state index contributed by atoms with van der Waals surface area (Å²) in [4.78, 5) is 11.2. The van der Waals surface area contributed by atoms with Crippen molar-refractivity contribution < 1.29 is 9.90 Å². The van der Waals surface area contributed by atoms with Gasteiger partial charge in [0.2, 0.25) is 0 Å². The van der Waals surface area contributed by atoms with Crippen molar-refractivity contribution in [1.82, 2.24) is 0 Å². The molecule has 0 saturated heterocycles. The molecule has 0 aromatic heterocycles. The van der Waals surface area contributed by atoms with Gasteiger partial charge in [0.15, 0.2) is 0 Å². The molecule has 0 bridgehead atoms. The van der Waals surface area contributed by atoms with E-state index in [4.69, 9.17) is 0 Å². The second kappa shape index (κ2) is 7.98. The molecule has 0 saturated carbocycles. The van der Waals surface area contributed by atoms with Crippen LogP contribution in [0.25, 0.3) is 0 Å². The van der Waals surface area contributed by atoms with Crippen LogP contribution in [-0.2, 0) is 6.42 Å². The van der Waals surface area contributed by atoms with Gasteiger partial charge in [0.1, 0.15) is 0 Å². The summed E-state index contributed by atoms with van der Waals surface area (Å²) in [5.41, 5.74) is 1.45. The molecule has 0 radical (unpaired) electrons. The molecule has 0 aliphatic rings. The van der Waals surface area contributed by atoms with Crippen LogP contribution in [0.15, 0.2) is 24.3 Å². The lowest BCUT2D eigenvalue weighted by Crippen LogP contribution is -2.12. The number of carboxylic acids is 1. The van der Waals surface area contributed by atoms with Crippen LogP contribution in [0.3, 0.4) is 0 Å². The summed E-state index contributed by atoms with van der Waals surface area (Å²) >= 11 is 0. The number of hydrogen-bond donors (Lipinski definition) is 1. The highest BCUT2D eigenvalue weighted by atomic mass is 16.4. The molecule has 0 spiro atoms. The summed E-state index contributed by atoms with van der Waals surface area (Å²) < 4.78 is 0. The molecule has 2 nitrogen and oxygen atoms in total. The number of carboxylic acid groups (broad SMARTS) is 1. The highest BCUT2D eigenvalue weighted by Gasteiger charge is 2.16. The molecule has 0 heterocycles. The van der Waals surface area contributed by atoms with Gasteiger partial charge < -0.3 is 5.11 Å². The average Bonchev–Trinajstić information content (AvgIpc) is 2.39. The minimum absolute atomic E-state index is 0.466. The van der Waals surface area contributed by atoms with Gasteiger partial charge in [-0.05, 0) is 36.3 Å². The van der Waals surface area contributed by atoms with Gasteiger partial charge in [0, 0.05) is 0 Å². The minimum Gasteiger partial charge on any atom is -0.478 e. The molecule has 2 unspecified atom stereocenters. The molecular weight excluding hydrogens is 236 g/mol. The second-order valence-electron chi connectivity index (χ2n) is 5.57. The van der Waals surface area contributed by atoms with Crippen LogP contribution in [0.2, 0.25) is 0 Å². The fourth-order valence-corrected chi connectivity index (χ4v) is 2.67. The normalized spacial score (nSPS) is 14.1. The molecule has 1 aromatic carbocycles. The molecule has 106 valence electrons. The van der Waals surface area contributed by atoms with Gasteiger partial charge >= 0.3 is 5.97 Å². The van der Waals surface area contributed by atoms with E-state index in [0.29, 0.717) is 17.4 Å². The highest BCUT2D eigenvalue weighted by molar-refractivity contribution is 5.89. The maximum absolute atomic E-state index is 11.2. The Morgan fingerprint density at radius 3 is 2.53 bits per heavy atom. The topological polar surface area (TPSA) is 37.3 Å². The molecule has 0 aliphatic heterocycles. The SMILES string of the molecule is CCCC(Cc1ccccc1C(=O)O)CC(C)CC. The lowest BCUT2D eigenvalue weighted by molar-refractivity contribution is 0.0695. The van der Waals surface area contributed by atoms with Crippen molar-refractivity contribution in [2.24, 2.45) is 11.8 Å². The van der Waals surface area contributed by atoms with E-state index in [1.165, 1.54) is 19.3 Å². The monoisotopic (exact) mass is 262 g/mol. The Kier molecular flexibility index (Phi) is 6.61. The molecule has 0 fully saturated rings. The molecule has 1 aromatic rings. The number of aromatic carboxylic acids is 1. The zero-order valence-corrected chi connectivity index (χ0v) is 12.4. The smallest absolute Gasteiger partial charge is 0.335 e. The van der Waals surface area contributed by atoms with Gasteiger partial charge in [0.25, 0.3) is 0 Å². The maximum atomic E-state index is 11.2.